The van der Waals surface area contributed by atoms with Crippen LogP contribution in [0, 0.1) is 0 Å². The molecule has 0 N–H and O–H groups in total. The van der Waals surface area contributed by atoms with E-state index >= 15 is 0 Å². The number of rotatable bonds is 40. The maximum absolute atomic E-state index is 12.0. The zero-order valence-corrected chi connectivity index (χ0v) is 31.6. The number of hydrogen-bond donors (Lipinski definition) is 0. The van der Waals surface area contributed by atoms with Gasteiger partial charge in [0.25, 0.3) is 0 Å². The van der Waals surface area contributed by atoms with Gasteiger partial charge in [-0.1, -0.05) is 245 Å². The summed E-state index contributed by atoms with van der Waals surface area (Å²) in [4.78, 5) is 12.0. The molecule has 0 rings (SSSR count). The summed E-state index contributed by atoms with van der Waals surface area (Å²) in [5.41, 5.74) is 0. The first kappa shape index (κ1) is 44.5. The van der Waals surface area contributed by atoms with Crippen LogP contribution in [-0.2, 0) is 9.53 Å². The molecule has 0 saturated heterocycles. The van der Waals surface area contributed by atoms with Crippen LogP contribution >= 0.6 is 0 Å². The van der Waals surface area contributed by atoms with Gasteiger partial charge in [-0.3, -0.25) is 4.79 Å². The monoisotopic (exact) mass is 635 g/mol. The highest BCUT2D eigenvalue weighted by molar-refractivity contribution is 5.69. The van der Waals surface area contributed by atoms with Gasteiger partial charge in [-0.15, -0.1) is 0 Å². The minimum absolute atomic E-state index is 0.0318. The lowest BCUT2D eigenvalue weighted by atomic mass is 10.0. The number of hydrogen-bond acceptors (Lipinski definition) is 2. The fraction of sp³-hybridized carbons (Fsp3) is 0.977. The van der Waals surface area contributed by atoms with Gasteiger partial charge in [0.05, 0.1) is 6.61 Å². The molecule has 0 aromatic heterocycles. The van der Waals surface area contributed by atoms with Crippen LogP contribution in [0.15, 0.2) is 0 Å². The smallest absolute Gasteiger partial charge is 0.305 e. The first-order valence-electron chi connectivity index (χ1n) is 21.5. The lowest BCUT2D eigenvalue weighted by Gasteiger charge is -2.06. The van der Waals surface area contributed by atoms with Crippen molar-refractivity contribution >= 4 is 5.97 Å². The molecule has 0 heterocycles. The zero-order chi connectivity index (χ0) is 32.6. The summed E-state index contributed by atoms with van der Waals surface area (Å²) in [6.07, 6.45) is 53.4. The molecule has 0 aromatic rings. The van der Waals surface area contributed by atoms with Crippen molar-refractivity contribution in [2.45, 2.75) is 264 Å². The molecule has 0 bridgehead atoms. The Labute approximate surface area is 285 Å². The van der Waals surface area contributed by atoms with Crippen LogP contribution < -0.4 is 0 Å². The van der Waals surface area contributed by atoms with Gasteiger partial charge in [0.2, 0.25) is 0 Å². The number of esters is 1. The Kier molecular flexibility index (Phi) is 41.0. The predicted octanol–water partition coefficient (Wildman–Crippen LogP) is 15.8. The van der Waals surface area contributed by atoms with Crippen molar-refractivity contribution in [1.29, 1.82) is 0 Å². The van der Waals surface area contributed by atoms with E-state index in [2.05, 4.69) is 13.8 Å². The van der Waals surface area contributed by atoms with Gasteiger partial charge in [-0.05, 0) is 12.8 Å². The Morgan fingerprint density at radius 1 is 0.289 bits per heavy atom. The molecule has 0 spiro atoms. The second-order valence-corrected chi connectivity index (χ2v) is 14.7. The molecule has 0 unspecified atom stereocenters. The molecule has 0 fully saturated rings. The van der Waals surface area contributed by atoms with Crippen molar-refractivity contribution in [2.75, 3.05) is 6.61 Å². The molecule has 0 aliphatic rings. The quantitative estimate of drug-likeness (QED) is 0.0495. The van der Waals surface area contributed by atoms with E-state index in [1.165, 1.54) is 231 Å². The van der Waals surface area contributed by atoms with Gasteiger partial charge < -0.3 is 4.74 Å². The largest absolute Gasteiger partial charge is 0.466 e. The predicted molar refractivity (Wildman–Crippen MR) is 202 cm³/mol. The van der Waals surface area contributed by atoms with Crippen LogP contribution in [0.2, 0.25) is 0 Å². The van der Waals surface area contributed by atoms with E-state index in [9.17, 15) is 4.79 Å². The molecular weight excluding hydrogens is 548 g/mol. The van der Waals surface area contributed by atoms with Crippen molar-refractivity contribution in [1.82, 2.24) is 0 Å². The maximum Gasteiger partial charge on any atom is 0.305 e. The molecule has 2 heteroatoms. The van der Waals surface area contributed by atoms with Gasteiger partial charge in [-0.2, -0.15) is 0 Å². The van der Waals surface area contributed by atoms with E-state index < -0.39 is 0 Å². The van der Waals surface area contributed by atoms with Crippen LogP contribution in [0.3, 0.4) is 0 Å². The summed E-state index contributed by atoms with van der Waals surface area (Å²) in [5.74, 6) is 0.0318. The molecule has 0 aliphatic heterocycles. The van der Waals surface area contributed by atoms with E-state index in [1.54, 1.807) is 0 Å². The van der Waals surface area contributed by atoms with Gasteiger partial charge in [0, 0.05) is 6.42 Å². The summed E-state index contributed by atoms with van der Waals surface area (Å²) in [5, 5.41) is 0. The molecule has 0 aliphatic carbocycles. The lowest BCUT2D eigenvalue weighted by Crippen LogP contribution is -2.05. The molecule has 0 atom stereocenters. The highest BCUT2D eigenvalue weighted by Gasteiger charge is 2.03. The second kappa shape index (κ2) is 41.5. The van der Waals surface area contributed by atoms with E-state index in [4.69, 9.17) is 4.74 Å². The van der Waals surface area contributed by atoms with E-state index in [0.29, 0.717) is 13.0 Å². The third-order valence-electron chi connectivity index (χ3n) is 10.00. The molecule has 0 radical (unpaired) electrons. The molecule has 0 saturated carbocycles. The summed E-state index contributed by atoms with van der Waals surface area (Å²) < 4.78 is 5.47. The lowest BCUT2D eigenvalue weighted by molar-refractivity contribution is -0.143. The molecule has 2 nitrogen and oxygen atoms in total. The normalized spacial score (nSPS) is 11.4. The summed E-state index contributed by atoms with van der Waals surface area (Å²) >= 11 is 0. The van der Waals surface area contributed by atoms with Gasteiger partial charge in [0.15, 0.2) is 0 Å². The van der Waals surface area contributed by atoms with E-state index in [1.807, 2.05) is 0 Å². The van der Waals surface area contributed by atoms with Crippen LogP contribution in [0.5, 0.6) is 0 Å². The topological polar surface area (TPSA) is 26.3 Å². The Balaban J connectivity index is 3.14. The Hall–Kier alpha value is -0.530. The average Bonchev–Trinajstić information content (AvgIpc) is 3.05. The second-order valence-electron chi connectivity index (χ2n) is 14.7. The first-order chi connectivity index (χ1) is 22.3. The minimum Gasteiger partial charge on any atom is -0.466 e. The Bertz CT molecular complexity index is 530. The first-order valence-corrected chi connectivity index (χ1v) is 21.5. The summed E-state index contributed by atoms with van der Waals surface area (Å²) in [6, 6.07) is 0. The Morgan fingerprint density at radius 3 is 0.733 bits per heavy atom. The SMILES string of the molecule is CCCCCCCCCCCCCCCCCCCCCCCC(=O)OCCCCCCCCCCCCCCCCCCC. The Morgan fingerprint density at radius 2 is 0.489 bits per heavy atom. The van der Waals surface area contributed by atoms with Crippen LogP contribution in [0.4, 0.5) is 0 Å². The third-order valence-corrected chi connectivity index (χ3v) is 10.00. The number of carbonyl (C=O) groups is 1. The summed E-state index contributed by atoms with van der Waals surface area (Å²) in [7, 11) is 0. The average molecular weight is 635 g/mol. The van der Waals surface area contributed by atoms with Crippen molar-refractivity contribution < 1.29 is 9.53 Å². The van der Waals surface area contributed by atoms with Crippen LogP contribution in [-0.4, -0.2) is 12.6 Å². The maximum atomic E-state index is 12.0. The zero-order valence-electron chi connectivity index (χ0n) is 31.6. The molecular formula is C43H86O2. The van der Waals surface area contributed by atoms with Gasteiger partial charge in [0.1, 0.15) is 0 Å². The van der Waals surface area contributed by atoms with Crippen molar-refractivity contribution in [2.24, 2.45) is 0 Å². The standard InChI is InChI=1S/C43H86O2/c1-3-5-7-9-11-13-15-17-19-21-22-23-24-25-27-29-31-33-35-37-39-41-43(44)45-42-40-38-36-34-32-30-28-26-20-18-16-14-12-10-8-6-4-2/h3-42H2,1-2H3. The van der Waals surface area contributed by atoms with Gasteiger partial charge in [-0.25, -0.2) is 0 Å². The van der Waals surface area contributed by atoms with Crippen molar-refractivity contribution in [3.05, 3.63) is 0 Å². The van der Waals surface area contributed by atoms with Crippen LogP contribution in [0.25, 0.3) is 0 Å². The van der Waals surface area contributed by atoms with E-state index in [0.717, 1.165) is 12.8 Å². The molecule has 0 amide bonds. The molecule has 0 aromatic carbocycles. The van der Waals surface area contributed by atoms with Crippen molar-refractivity contribution in [3.63, 3.8) is 0 Å². The fourth-order valence-corrected chi connectivity index (χ4v) is 6.79. The highest BCUT2D eigenvalue weighted by Crippen LogP contribution is 2.16. The minimum atomic E-state index is 0.0318. The number of ether oxygens (including phenoxy) is 1. The number of unbranched alkanes of at least 4 members (excludes halogenated alkanes) is 36. The van der Waals surface area contributed by atoms with Gasteiger partial charge >= 0.3 is 5.97 Å². The third kappa shape index (κ3) is 41.4. The van der Waals surface area contributed by atoms with E-state index in [-0.39, 0.29) is 5.97 Å². The fourth-order valence-electron chi connectivity index (χ4n) is 6.79. The highest BCUT2D eigenvalue weighted by atomic mass is 16.5. The van der Waals surface area contributed by atoms with Crippen LogP contribution in [0.1, 0.15) is 264 Å². The molecule has 45 heavy (non-hydrogen) atoms. The molecule has 270 valence electrons. The summed E-state index contributed by atoms with van der Waals surface area (Å²) in [6.45, 7) is 5.23. The van der Waals surface area contributed by atoms with Crippen molar-refractivity contribution in [3.8, 4) is 0 Å². The number of carbonyl (C=O) groups excluding carboxylic acids is 1.